The van der Waals surface area contributed by atoms with Crippen LogP contribution in [0.1, 0.15) is 40.0 Å². The smallest absolute Gasteiger partial charge is 0.137 e. The molecule has 0 aromatic carbocycles. The van der Waals surface area contributed by atoms with Crippen molar-refractivity contribution >= 4 is 5.78 Å². The number of hydrogen-bond donors (Lipinski definition) is 0. The summed E-state index contributed by atoms with van der Waals surface area (Å²) in [4.78, 5) is 11.5. The van der Waals surface area contributed by atoms with E-state index < -0.39 is 0 Å². The lowest BCUT2D eigenvalue weighted by Gasteiger charge is -2.33. The highest BCUT2D eigenvalue weighted by molar-refractivity contribution is 5.86. The molecule has 0 amide bonds. The van der Waals surface area contributed by atoms with E-state index in [0.717, 1.165) is 12.8 Å². The molecule has 0 aromatic heterocycles. The molecule has 0 aromatic rings. The zero-order valence-corrected chi connectivity index (χ0v) is 7.61. The van der Waals surface area contributed by atoms with E-state index in [1.165, 1.54) is 6.42 Å². The van der Waals surface area contributed by atoms with Crippen molar-refractivity contribution in [2.24, 2.45) is 16.7 Å². The normalized spacial score (nSPS) is 46.8. The maximum atomic E-state index is 11.5. The van der Waals surface area contributed by atoms with E-state index in [2.05, 4.69) is 20.8 Å². The fraction of sp³-hybridized carbons (Fsp3) is 0.900. The van der Waals surface area contributed by atoms with Gasteiger partial charge in [0, 0.05) is 12.3 Å². The van der Waals surface area contributed by atoms with Crippen LogP contribution in [-0.4, -0.2) is 5.78 Å². The van der Waals surface area contributed by atoms with Gasteiger partial charge in [0.1, 0.15) is 5.78 Å². The van der Waals surface area contributed by atoms with Crippen LogP contribution in [-0.2, 0) is 4.79 Å². The van der Waals surface area contributed by atoms with Crippen LogP contribution in [0.5, 0.6) is 0 Å². The molecule has 0 unspecified atom stereocenters. The summed E-state index contributed by atoms with van der Waals surface area (Å²) in [5, 5.41) is 0. The highest BCUT2D eigenvalue weighted by Gasteiger charge is 2.60. The summed E-state index contributed by atoms with van der Waals surface area (Å²) in [6.07, 6.45) is 3.24. The van der Waals surface area contributed by atoms with Gasteiger partial charge >= 0.3 is 0 Å². The van der Waals surface area contributed by atoms with E-state index in [0.29, 0.717) is 17.1 Å². The Kier molecular flexibility index (Phi) is 1.13. The molecule has 0 radical (unpaired) electrons. The largest absolute Gasteiger partial charge is 0.299 e. The molecule has 2 aliphatic rings. The molecule has 0 saturated heterocycles. The van der Waals surface area contributed by atoms with Gasteiger partial charge in [-0.15, -0.1) is 0 Å². The predicted octanol–water partition coefficient (Wildman–Crippen LogP) is 2.40. The molecule has 0 N–H and O–H groups in total. The Morgan fingerprint density at radius 2 is 2.00 bits per heavy atom. The lowest BCUT2D eigenvalue weighted by atomic mass is 9.71. The van der Waals surface area contributed by atoms with Crippen LogP contribution in [0.15, 0.2) is 0 Å². The summed E-state index contributed by atoms with van der Waals surface area (Å²) in [5.41, 5.74) is 0.610. The molecular weight excluding hydrogens is 136 g/mol. The SMILES string of the molecule is CC1(C)[C@H]2CC[C@@]1(C)CC2=O. The van der Waals surface area contributed by atoms with E-state index in [1.54, 1.807) is 0 Å². The molecule has 11 heavy (non-hydrogen) atoms. The number of rotatable bonds is 0. The van der Waals surface area contributed by atoms with Crippen LogP contribution in [0.3, 0.4) is 0 Å². The molecule has 62 valence electrons. The van der Waals surface area contributed by atoms with Crippen molar-refractivity contribution in [2.75, 3.05) is 0 Å². The predicted molar refractivity (Wildman–Crippen MR) is 44.2 cm³/mol. The van der Waals surface area contributed by atoms with Crippen molar-refractivity contribution in [1.29, 1.82) is 0 Å². The van der Waals surface area contributed by atoms with Gasteiger partial charge in [-0.2, -0.15) is 0 Å². The first-order valence-corrected chi connectivity index (χ1v) is 4.50. The number of carbonyl (C=O) groups is 1. The number of ketones is 1. The van der Waals surface area contributed by atoms with Crippen molar-refractivity contribution in [3.05, 3.63) is 0 Å². The van der Waals surface area contributed by atoms with E-state index in [9.17, 15) is 4.79 Å². The second-order valence-electron chi connectivity index (χ2n) is 5.02. The zero-order valence-electron chi connectivity index (χ0n) is 7.61. The lowest BCUT2D eigenvalue weighted by Crippen LogP contribution is -2.26. The van der Waals surface area contributed by atoms with Crippen LogP contribution in [0.25, 0.3) is 0 Å². The van der Waals surface area contributed by atoms with Gasteiger partial charge in [0.2, 0.25) is 0 Å². The van der Waals surface area contributed by atoms with Crippen LogP contribution in [0.4, 0.5) is 0 Å². The van der Waals surface area contributed by atoms with Crippen molar-refractivity contribution in [1.82, 2.24) is 0 Å². The van der Waals surface area contributed by atoms with Gasteiger partial charge < -0.3 is 0 Å². The Balaban J connectivity index is 2.45. The average Bonchev–Trinajstić information content (AvgIpc) is 2.13. The molecule has 1 nitrogen and oxygen atoms in total. The van der Waals surface area contributed by atoms with Gasteiger partial charge in [-0.1, -0.05) is 20.8 Å². The topological polar surface area (TPSA) is 17.1 Å². The van der Waals surface area contributed by atoms with E-state index in [4.69, 9.17) is 0 Å². The molecule has 2 saturated carbocycles. The van der Waals surface area contributed by atoms with E-state index >= 15 is 0 Å². The number of carbonyl (C=O) groups excluding carboxylic acids is 1. The highest BCUT2D eigenvalue weighted by Crippen LogP contribution is 2.63. The number of Topliss-reactive ketones (excluding diaryl/α,β-unsaturated/α-hetero) is 1. The van der Waals surface area contributed by atoms with E-state index in [-0.39, 0.29) is 5.41 Å². The molecular formula is C10H16O. The maximum absolute atomic E-state index is 11.5. The summed E-state index contributed by atoms with van der Waals surface area (Å²) >= 11 is 0. The molecule has 0 aliphatic heterocycles. The van der Waals surface area contributed by atoms with Crippen LogP contribution < -0.4 is 0 Å². The minimum atomic E-state index is 0.282. The van der Waals surface area contributed by atoms with Crippen molar-refractivity contribution in [3.8, 4) is 0 Å². The molecule has 0 spiro atoms. The van der Waals surface area contributed by atoms with Gasteiger partial charge in [0.05, 0.1) is 0 Å². The summed E-state index contributed by atoms with van der Waals surface area (Å²) in [6.45, 7) is 6.79. The monoisotopic (exact) mass is 152 g/mol. The molecule has 0 heterocycles. The summed E-state index contributed by atoms with van der Waals surface area (Å²) in [6, 6.07) is 0. The zero-order chi connectivity index (χ0) is 8.28. The summed E-state index contributed by atoms with van der Waals surface area (Å²) < 4.78 is 0. The van der Waals surface area contributed by atoms with Crippen LogP contribution >= 0.6 is 0 Å². The van der Waals surface area contributed by atoms with Gasteiger partial charge in [0.25, 0.3) is 0 Å². The molecule has 2 rings (SSSR count). The highest BCUT2D eigenvalue weighted by atomic mass is 16.1. The fourth-order valence-corrected chi connectivity index (χ4v) is 2.95. The maximum Gasteiger partial charge on any atom is 0.137 e. The molecule has 2 fully saturated rings. The standard InChI is InChI=1S/C10H16O/c1-9(2)7-4-5-10(9,3)6-8(7)11/h7H,4-6H2,1-3H3/t7-,10-/m0/s1. The Morgan fingerprint density at radius 1 is 1.36 bits per heavy atom. The Bertz CT molecular complexity index is 214. The third-order valence-corrected chi connectivity index (χ3v) is 4.36. The second-order valence-corrected chi connectivity index (χ2v) is 5.02. The van der Waals surface area contributed by atoms with Crippen LogP contribution in [0.2, 0.25) is 0 Å². The minimum absolute atomic E-state index is 0.282. The number of fused-ring (bicyclic) bond motifs is 2. The lowest BCUT2D eigenvalue weighted by molar-refractivity contribution is -0.122. The molecule has 2 bridgehead atoms. The third-order valence-electron chi connectivity index (χ3n) is 4.36. The molecule has 1 heteroatoms. The molecule has 2 atom stereocenters. The Hall–Kier alpha value is -0.330. The first-order valence-electron chi connectivity index (χ1n) is 4.50. The van der Waals surface area contributed by atoms with Gasteiger partial charge in [-0.3, -0.25) is 4.79 Å². The van der Waals surface area contributed by atoms with Crippen LogP contribution in [0, 0.1) is 16.7 Å². The van der Waals surface area contributed by atoms with Crippen molar-refractivity contribution in [3.63, 3.8) is 0 Å². The fourth-order valence-electron chi connectivity index (χ4n) is 2.95. The van der Waals surface area contributed by atoms with Gasteiger partial charge in [0.15, 0.2) is 0 Å². The van der Waals surface area contributed by atoms with Crippen molar-refractivity contribution in [2.45, 2.75) is 40.0 Å². The Morgan fingerprint density at radius 3 is 2.18 bits per heavy atom. The molecule has 2 aliphatic carbocycles. The van der Waals surface area contributed by atoms with Gasteiger partial charge in [-0.25, -0.2) is 0 Å². The Labute approximate surface area is 68.2 Å². The first kappa shape index (κ1) is 7.33. The average molecular weight is 152 g/mol. The first-order chi connectivity index (χ1) is 4.97. The summed E-state index contributed by atoms with van der Waals surface area (Å²) in [5.74, 6) is 0.899. The van der Waals surface area contributed by atoms with Crippen molar-refractivity contribution < 1.29 is 4.79 Å². The quantitative estimate of drug-likeness (QED) is 0.521. The summed E-state index contributed by atoms with van der Waals surface area (Å²) in [7, 11) is 0. The number of hydrogen-bond acceptors (Lipinski definition) is 1. The van der Waals surface area contributed by atoms with E-state index in [1.807, 2.05) is 0 Å². The second kappa shape index (κ2) is 1.70. The van der Waals surface area contributed by atoms with Gasteiger partial charge in [-0.05, 0) is 23.7 Å². The minimum Gasteiger partial charge on any atom is -0.299 e. The third kappa shape index (κ3) is 0.646.